The first-order chi connectivity index (χ1) is 9.29. The molecule has 3 N–H and O–H groups in total. The molecular formula is C11H11N3O5S. The minimum atomic E-state index is -3.92. The van der Waals surface area contributed by atoms with E-state index in [4.69, 9.17) is 5.11 Å². The van der Waals surface area contributed by atoms with E-state index in [1.54, 1.807) is 0 Å². The standard InChI is InChI=1S/C11H11N3O5S/c1-14-6-7(2-3-10(14)15)13-20(18,19)8-4-9(11(16)17)12-5-8/h2-6,12-13H,1H3,(H,16,17). The number of carbonyl (C=O) groups is 1. The molecule has 2 heterocycles. The van der Waals surface area contributed by atoms with Crippen LogP contribution in [0.3, 0.4) is 0 Å². The predicted molar refractivity (Wildman–Crippen MR) is 70.2 cm³/mol. The van der Waals surface area contributed by atoms with E-state index in [0.717, 1.165) is 12.3 Å². The monoisotopic (exact) mass is 297 g/mol. The van der Waals surface area contributed by atoms with Gasteiger partial charge in [0, 0.05) is 25.5 Å². The maximum Gasteiger partial charge on any atom is 0.352 e. The van der Waals surface area contributed by atoms with Gasteiger partial charge in [-0.2, -0.15) is 0 Å². The zero-order chi connectivity index (χ0) is 14.9. The highest BCUT2D eigenvalue weighted by atomic mass is 32.2. The summed E-state index contributed by atoms with van der Waals surface area (Å²) in [5.74, 6) is -1.26. The molecule has 106 valence electrons. The average molecular weight is 297 g/mol. The molecule has 0 saturated carbocycles. The summed E-state index contributed by atoms with van der Waals surface area (Å²) in [4.78, 5) is 24.0. The summed E-state index contributed by atoms with van der Waals surface area (Å²) in [5, 5.41) is 8.74. The first kappa shape index (κ1) is 13.9. The molecule has 2 aromatic heterocycles. The fourth-order valence-electron chi connectivity index (χ4n) is 1.52. The Hall–Kier alpha value is -2.55. The summed E-state index contributed by atoms with van der Waals surface area (Å²) in [6, 6.07) is 3.55. The Bertz CT molecular complexity index is 819. The van der Waals surface area contributed by atoms with E-state index in [0.29, 0.717) is 0 Å². The number of hydrogen-bond donors (Lipinski definition) is 3. The van der Waals surface area contributed by atoms with Gasteiger partial charge in [-0.05, 0) is 12.1 Å². The minimum Gasteiger partial charge on any atom is -0.477 e. The van der Waals surface area contributed by atoms with Crippen LogP contribution in [0.15, 0.2) is 40.3 Å². The molecule has 2 aromatic rings. The third-order valence-corrected chi connectivity index (χ3v) is 3.90. The lowest BCUT2D eigenvalue weighted by atomic mass is 10.4. The van der Waals surface area contributed by atoms with Crippen molar-refractivity contribution in [2.24, 2.45) is 7.05 Å². The molecule has 0 saturated heterocycles. The van der Waals surface area contributed by atoms with Crippen molar-refractivity contribution in [3.8, 4) is 0 Å². The highest BCUT2D eigenvalue weighted by Gasteiger charge is 2.18. The molecule has 9 heteroatoms. The van der Waals surface area contributed by atoms with Crippen molar-refractivity contribution in [2.45, 2.75) is 4.90 Å². The summed E-state index contributed by atoms with van der Waals surface area (Å²) in [6.07, 6.45) is 2.40. The number of rotatable bonds is 4. The second kappa shape index (κ2) is 4.85. The van der Waals surface area contributed by atoms with Crippen molar-refractivity contribution >= 4 is 21.7 Å². The van der Waals surface area contributed by atoms with Crippen LogP contribution in [-0.4, -0.2) is 29.0 Å². The zero-order valence-electron chi connectivity index (χ0n) is 10.3. The summed E-state index contributed by atoms with van der Waals surface area (Å²) >= 11 is 0. The number of anilines is 1. The van der Waals surface area contributed by atoms with Crippen molar-refractivity contribution in [1.29, 1.82) is 0 Å². The van der Waals surface area contributed by atoms with Crippen molar-refractivity contribution < 1.29 is 18.3 Å². The normalized spacial score (nSPS) is 11.2. The number of aromatic carboxylic acids is 1. The molecule has 0 aliphatic heterocycles. The predicted octanol–water partition coefficient (Wildman–Crippen LogP) is 0.212. The van der Waals surface area contributed by atoms with Gasteiger partial charge in [-0.25, -0.2) is 13.2 Å². The average Bonchev–Trinajstić information content (AvgIpc) is 2.84. The van der Waals surface area contributed by atoms with E-state index < -0.39 is 16.0 Å². The van der Waals surface area contributed by atoms with Crippen LogP contribution in [0.1, 0.15) is 10.5 Å². The number of pyridine rings is 1. The number of carboxylic acids is 1. The molecule has 8 nitrogen and oxygen atoms in total. The molecule has 0 amide bonds. The van der Waals surface area contributed by atoms with Crippen LogP contribution in [0.2, 0.25) is 0 Å². The highest BCUT2D eigenvalue weighted by molar-refractivity contribution is 7.92. The Labute approximate surface area is 113 Å². The maximum absolute atomic E-state index is 12.0. The van der Waals surface area contributed by atoms with E-state index in [9.17, 15) is 18.0 Å². The number of aryl methyl sites for hydroxylation is 1. The van der Waals surface area contributed by atoms with Gasteiger partial charge in [-0.1, -0.05) is 0 Å². The van der Waals surface area contributed by atoms with E-state index in [-0.39, 0.29) is 21.8 Å². The molecule has 0 atom stereocenters. The minimum absolute atomic E-state index is 0.199. The lowest BCUT2D eigenvalue weighted by Gasteiger charge is -2.07. The molecule has 0 radical (unpaired) electrons. The quantitative estimate of drug-likeness (QED) is 0.745. The molecule has 0 spiro atoms. The van der Waals surface area contributed by atoms with Gasteiger partial charge in [0.2, 0.25) is 5.56 Å². The highest BCUT2D eigenvalue weighted by Crippen LogP contribution is 2.15. The van der Waals surface area contributed by atoms with Crippen LogP contribution in [0.25, 0.3) is 0 Å². The first-order valence-corrected chi connectivity index (χ1v) is 6.89. The number of aromatic amines is 1. The van der Waals surface area contributed by atoms with Crippen LogP contribution in [-0.2, 0) is 17.1 Å². The SMILES string of the molecule is Cn1cc(NS(=O)(=O)c2c[nH]c(C(=O)O)c2)ccc1=O. The molecule has 0 aliphatic rings. The summed E-state index contributed by atoms with van der Waals surface area (Å²) in [5.41, 5.74) is -0.307. The van der Waals surface area contributed by atoms with Crippen LogP contribution in [0.4, 0.5) is 5.69 Å². The molecule has 2 rings (SSSR count). The number of carboxylic acid groups (broad SMARTS) is 1. The molecular weight excluding hydrogens is 286 g/mol. The lowest BCUT2D eigenvalue weighted by Crippen LogP contribution is -2.18. The molecule has 0 aromatic carbocycles. The molecule has 0 bridgehead atoms. The molecule has 20 heavy (non-hydrogen) atoms. The zero-order valence-corrected chi connectivity index (χ0v) is 11.1. The van der Waals surface area contributed by atoms with Crippen molar-refractivity contribution in [3.63, 3.8) is 0 Å². The number of nitrogens with zero attached hydrogens (tertiary/aromatic N) is 1. The van der Waals surface area contributed by atoms with E-state index >= 15 is 0 Å². The summed E-state index contributed by atoms with van der Waals surface area (Å²) in [6.45, 7) is 0. The number of sulfonamides is 1. The van der Waals surface area contributed by atoms with Gasteiger partial charge in [-0.3, -0.25) is 9.52 Å². The van der Waals surface area contributed by atoms with Gasteiger partial charge in [0.1, 0.15) is 10.6 Å². The number of hydrogen-bond acceptors (Lipinski definition) is 4. The Morgan fingerprint density at radius 3 is 2.65 bits per heavy atom. The fraction of sp³-hybridized carbons (Fsp3) is 0.0909. The van der Waals surface area contributed by atoms with Crippen LogP contribution >= 0.6 is 0 Å². The fourth-order valence-corrected chi connectivity index (χ4v) is 2.56. The lowest BCUT2D eigenvalue weighted by molar-refractivity contribution is 0.0691. The van der Waals surface area contributed by atoms with E-state index in [2.05, 4.69) is 9.71 Å². The van der Waals surface area contributed by atoms with Crippen molar-refractivity contribution in [2.75, 3.05) is 4.72 Å². The Morgan fingerprint density at radius 2 is 2.10 bits per heavy atom. The Balaban J connectivity index is 2.32. The molecule has 0 unspecified atom stereocenters. The Morgan fingerprint density at radius 1 is 1.40 bits per heavy atom. The third-order valence-electron chi connectivity index (χ3n) is 2.54. The number of nitrogens with one attached hydrogen (secondary N) is 2. The van der Waals surface area contributed by atoms with Crippen LogP contribution < -0.4 is 10.3 Å². The third kappa shape index (κ3) is 2.72. The van der Waals surface area contributed by atoms with Crippen molar-refractivity contribution in [3.05, 3.63) is 46.6 Å². The summed E-state index contributed by atoms with van der Waals surface area (Å²) in [7, 11) is -2.43. The van der Waals surface area contributed by atoms with Gasteiger partial charge in [0.15, 0.2) is 0 Å². The smallest absolute Gasteiger partial charge is 0.352 e. The van der Waals surface area contributed by atoms with Crippen LogP contribution in [0.5, 0.6) is 0 Å². The van der Waals surface area contributed by atoms with Gasteiger partial charge in [0.25, 0.3) is 10.0 Å². The maximum atomic E-state index is 12.0. The van der Waals surface area contributed by atoms with Gasteiger partial charge in [-0.15, -0.1) is 0 Å². The van der Waals surface area contributed by atoms with Gasteiger partial charge >= 0.3 is 5.97 Å². The molecule has 0 fully saturated rings. The number of aromatic nitrogens is 2. The second-order valence-corrected chi connectivity index (χ2v) is 5.71. The largest absolute Gasteiger partial charge is 0.477 e. The summed E-state index contributed by atoms with van der Waals surface area (Å²) < 4.78 is 27.5. The first-order valence-electron chi connectivity index (χ1n) is 5.41. The molecule has 0 aliphatic carbocycles. The number of H-pyrrole nitrogens is 1. The van der Waals surface area contributed by atoms with Crippen molar-refractivity contribution in [1.82, 2.24) is 9.55 Å². The van der Waals surface area contributed by atoms with Crippen LogP contribution in [0, 0.1) is 0 Å². The topological polar surface area (TPSA) is 121 Å². The van der Waals surface area contributed by atoms with E-state index in [1.807, 2.05) is 0 Å². The van der Waals surface area contributed by atoms with Gasteiger partial charge < -0.3 is 14.7 Å². The van der Waals surface area contributed by atoms with E-state index in [1.165, 1.54) is 29.9 Å². The second-order valence-electron chi connectivity index (χ2n) is 4.03. The Kier molecular flexibility index (Phi) is 3.36. The van der Waals surface area contributed by atoms with Gasteiger partial charge in [0.05, 0.1) is 5.69 Å².